The number of aryl methyl sites for hydroxylation is 1. The zero-order valence-corrected chi connectivity index (χ0v) is 9.06. The summed E-state index contributed by atoms with van der Waals surface area (Å²) in [6, 6.07) is 0.290. The standard InChI is InChI=1S/C11H17N3O/c1-13-8-5-12-10(13)11(15)4-7-14-6-2-3-9(11)14/h5,8-9,15H,2-4,6-7H2,1H3. The van der Waals surface area contributed by atoms with Gasteiger partial charge in [-0.3, -0.25) is 4.90 Å². The van der Waals surface area contributed by atoms with Crippen LogP contribution in [0.5, 0.6) is 0 Å². The van der Waals surface area contributed by atoms with Crippen molar-refractivity contribution in [2.24, 2.45) is 7.05 Å². The fraction of sp³-hybridized carbons (Fsp3) is 0.727. The van der Waals surface area contributed by atoms with Crippen molar-refractivity contribution in [3.63, 3.8) is 0 Å². The molecule has 0 bridgehead atoms. The van der Waals surface area contributed by atoms with Crippen LogP contribution in [0.4, 0.5) is 0 Å². The molecule has 2 aliphatic heterocycles. The SMILES string of the molecule is Cn1ccnc1C1(O)CCN2CCCC21. The predicted octanol–water partition coefficient (Wildman–Crippen LogP) is 0.476. The lowest BCUT2D eigenvalue weighted by atomic mass is 9.92. The maximum absolute atomic E-state index is 10.8. The van der Waals surface area contributed by atoms with E-state index in [1.54, 1.807) is 6.20 Å². The number of imidazole rings is 1. The van der Waals surface area contributed by atoms with Gasteiger partial charge in [0.2, 0.25) is 0 Å². The summed E-state index contributed by atoms with van der Waals surface area (Å²) in [5, 5.41) is 10.8. The molecule has 1 aromatic heterocycles. The van der Waals surface area contributed by atoms with Gasteiger partial charge in [0, 0.05) is 32.0 Å². The second-order valence-electron chi connectivity index (χ2n) is 4.73. The fourth-order valence-electron chi connectivity index (χ4n) is 3.16. The lowest BCUT2D eigenvalue weighted by molar-refractivity contribution is -0.00124. The minimum absolute atomic E-state index is 0.290. The van der Waals surface area contributed by atoms with E-state index in [9.17, 15) is 5.11 Å². The Balaban J connectivity index is 2.00. The van der Waals surface area contributed by atoms with Gasteiger partial charge in [0.25, 0.3) is 0 Å². The summed E-state index contributed by atoms with van der Waals surface area (Å²) in [7, 11) is 1.96. The molecule has 2 unspecified atom stereocenters. The summed E-state index contributed by atoms with van der Waals surface area (Å²) in [6.45, 7) is 2.14. The molecule has 2 fully saturated rings. The van der Waals surface area contributed by atoms with Crippen LogP contribution in [-0.4, -0.2) is 38.7 Å². The Kier molecular flexibility index (Phi) is 1.91. The third-order valence-corrected chi connectivity index (χ3v) is 3.90. The lowest BCUT2D eigenvalue weighted by Crippen LogP contribution is -2.40. The van der Waals surface area contributed by atoms with Gasteiger partial charge in [0.05, 0.1) is 0 Å². The van der Waals surface area contributed by atoms with E-state index in [1.807, 2.05) is 17.8 Å². The van der Waals surface area contributed by atoms with Crippen LogP contribution in [0.15, 0.2) is 12.4 Å². The highest BCUT2D eigenvalue weighted by molar-refractivity contribution is 5.14. The number of aromatic nitrogens is 2. The van der Waals surface area contributed by atoms with E-state index < -0.39 is 5.60 Å². The summed E-state index contributed by atoms with van der Waals surface area (Å²) in [5.41, 5.74) is -0.714. The van der Waals surface area contributed by atoms with Crippen LogP contribution in [-0.2, 0) is 12.6 Å². The normalized spacial score (nSPS) is 36.0. The molecule has 0 aliphatic carbocycles. The van der Waals surface area contributed by atoms with Crippen molar-refractivity contribution in [1.82, 2.24) is 14.5 Å². The minimum atomic E-state index is -0.714. The lowest BCUT2D eigenvalue weighted by Gasteiger charge is -2.29. The highest BCUT2D eigenvalue weighted by Gasteiger charge is 2.51. The van der Waals surface area contributed by atoms with E-state index in [0.717, 1.165) is 31.8 Å². The first-order valence-corrected chi connectivity index (χ1v) is 5.66. The molecule has 1 N–H and O–H groups in total. The monoisotopic (exact) mass is 207 g/mol. The van der Waals surface area contributed by atoms with Crippen molar-refractivity contribution >= 4 is 0 Å². The highest BCUT2D eigenvalue weighted by Crippen LogP contribution is 2.41. The first-order valence-electron chi connectivity index (χ1n) is 5.66. The molecular formula is C11H17N3O. The third kappa shape index (κ3) is 1.18. The van der Waals surface area contributed by atoms with E-state index >= 15 is 0 Å². The van der Waals surface area contributed by atoms with Gasteiger partial charge in [-0.1, -0.05) is 0 Å². The number of rotatable bonds is 1. The van der Waals surface area contributed by atoms with Crippen LogP contribution in [0, 0.1) is 0 Å². The predicted molar refractivity (Wildman–Crippen MR) is 56.3 cm³/mol. The average Bonchev–Trinajstić information content (AvgIpc) is 2.85. The van der Waals surface area contributed by atoms with Crippen LogP contribution >= 0.6 is 0 Å². The van der Waals surface area contributed by atoms with Crippen LogP contribution in [0.3, 0.4) is 0 Å². The number of aliphatic hydroxyl groups is 1. The zero-order valence-electron chi connectivity index (χ0n) is 9.06. The van der Waals surface area contributed by atoms with Gasteiger partial charge in [0.1, 0.15) is 11.4 Å². The molecule has 15 heavy (non-hydrogen) atoms. The molecule has 2 saturated heterocycles. The highest BCUT2D eigenvalue weighted by atomic mass is 16.3. The second kappa shape index (κ2) is 3.06. The van der Waals surface area contributed by atoms with Gasteiger partial charge in [-0.25, -0.2) is 4.98 Å². The van der Waals surface area contributed by atoms with Crippen LogP contribution < -0.4 is 0 Å². The first kappa shape index (κ1) is 9.36. The van der Waals surface area contributed by atoms with E-state index in [0.29, 0.717) is 6.04 Å². The van der Waals surface area contributed by atoms with Crippen molar-refractivity contribution in [2.45, 2.75) is 30.9 Å². The van der Waals surface area contributed by atoms with Crippen molar-refractivity contribution in [1.29, 1.82) is 0 Å². The molecule has 82 valence electrons. The third-order valence-electron chi connectivity index (χ3n) is 3.90. The second-order valence-corrected chi connectivity index (χ2v) is 4.73. The molecule has 0 radical (unpaired) electrons. The van der Waals surface area contributed by atoms with Gasteiger partial charge in [0.15, 0.2) is 0 Å². The Labute approximate surface area is 89.5 Å². The number of hydrogen-bond donors (Lipinski definition) is 1. The van der Waals surface area contributed by atoms with Gasteiger partial charge >= 0.3 is 0 Å². The molecule has 2 atom stereocenters. The number of nitrogens with zero attached hydrogens (tertiary/aromatic N) is 3. The summed E-state index contributed by atoms with van der Waals surface area (Å²) >= 11 is 0. The molecule has 3 heterocycles. The van der Waals surface area contributed by atoms with Gasteiger partial charge < -0.3 is 9.67 Å². The van der Waals surface area contributed by atoms with E-state index in [2.05, 4.69) is 9.88 Å². The average molecular weight is 207 g/mol. The van der Waals surface area contributed by atoms with Crippen molar-refractivity contribution in [3.8, 4) is 0 Å². The van der Waals surface area contributed by atoms with Gasteiger partial charge in [-0.15, -0.1) is 0 Å². The van der Waals surface area contributed by atoms with Crippen LogP contribution in [0.2, 0.25) is 0 Å². The maximum Gasteiger partial charge on any atom is 0.142 e. The maximum atomic E-state index is 10.8. The summed E-state index contributed by atoms with van der Waals surface area (Å²) < 4.78 is 1.95. The fourth-order valence-corrected chi connectivity index (χ4v) is 3.16. The molecule has 2 aliphatic rings. The van der Waals surface area contributed by atoms with E-state index in [-0.39, 0.29) is 0 Å². The molecule has 0 amide bonds. The molecule has 0 aromatic carbocycles. The Morgan fingerprint density at radius 2 is 2.40 bits per heavy atom. The van der Waals surface area contributed by atoms with E-state index in [4.69, 9.17) is 0 Å². The van der Waals surface area contributed by atoms with Crippen molar-refractivity contribution in [3.05, 3.63) is 18.2 Å². The quantitative estimate of drug-likeness (QED) is 0.728. The summed E-state index contributed by atoms with van der Waals surface area (Å²) in [5.74, 6) is 0.830. The van der Waals surface area contributed by atoms with Crippen LogP contribution in [0.25, 0.3) is 0 Å². The number of hydrogen-bond acceptors (Lipinski definition) is 3. The zero-order chi connectivity index (χ0) is 10.5. The molecule has 3 rings (SSSR count). The Morgan fingerprint density at radius 1 is 1.53 bits per heavy atom. The molecule has 4 heteroatoms. The number of fused-ring (bicyclic) bond motifs is 1. The topological polar surface area (TPSA) is 41.3 Å². The molecule has 0 saturated carbocycles. The van der Waals surface area contributed by atoms with E-state index in [1.165, 1.54) is 6.42 Å². The van der Waals surface area contributed by atoms with Gasteiger partial charge in [-0.05, 0) is 25.8 Å². The first-order chi connectivity index (χ1) is 7.22. The van der Waals surface area contributed by atoms with Crippen LogP contribution in [0.1, 0.15) is 25.1 Å². The molecule has 0 spiro atoms. The molecule has 1 aromatic rings. The summed E-state index contributed by atoms with van der Waals surface area (Å²) in [6.07, 6.45) is 6.80. The summed E-state index contributed by atoms with van der Waals surface area (Å²) in [4.78, 5) is 6.71. The van der Waals surface area contributed by atoms with Gasteiger partial charge in [-0.2, -0.15) is 0 Å². The smallest absolute Gasteiger partial charge is 0.142 e. The molecular weight excluding hydrogens is 190 g/mol. The molecule has 4 nitrogen and oxygen atoms in total. The largest absolute Gasteiger partial charge is 0.380 e. The minimum Gasteiger partial charge on any atom is -0.380 e. The Hall–Kier alpha value is -0.870. The Bertz CT molecular complexity index is 376. The van der Waals surface area contributed by atoms with Crippen molar-refractivity contribution in [2.75, 3.05) is 13.1 Å². The van der Waals surface area contributed by atoms with Crippen molar-refractivity contribution < 1.29 is 5.11 Å². The Morgan fingerprint density at radius 3 is 3.13 bits per heavy atom.